The van der Waals surface area contributed by atoms with Gasteiger partial charge in [0, 0.05) is 11.6 Å². The summed E-state index contributed by atoms with van der Waals surface area (Å²) in [5, 5.41) is 2.86. The summed E-state index contributed by atoms with van der Waals surface area (Å²) in [5.41, 5.74) is 3.73. The van der Waals surface area contributed by atoms with E-state index in [4.69, 9.17) is 0 Å². The molecule has 1 aliphatic carbocycles. The molecule has 6 heteroatoms. The molecule has 1 saturated carbocycles. The van der Waals surface area contributed by atoms with Crippen LogP contribution in [0.3, 0.4) is 0 Å². The molecule has 3 rings (SSSR count). The summed E-state index contributed by atoms with van der Waals surface area (Å²) in [7, 11) is -3.41. The molecule has 1 fully saturated rings. The van der Waals surface area contributed by atoms with Crippen LogP contribution in [-0.2, 0) is 10.0 Å². The standard InChI is InChI=1S/C19H22N2O3S/c1-13-8-9-15(12-14(13)2)19(22)20-17-6-4-5-7-18(17)21(16-10-11-16)25(3,23)24/h4-9,12,16H,10-11H2,1-3H3,(H,20,22). The van der Waals surface area contributed by atoms with Gasteiger partial charge in [0.1, 0.15) is 0 Å². The van der Waals surface area contributed by atoms with Crippen molar-refractivity contribution in [2.45, 2.75) is 32.7 Å². The molecule has 2 aromatic carbocycles. The molecule has 5 nitrogen and oxygen atoms in total. The monoisotopic (exact) mass is 358 g/mol. The Morgan fingerprint density at radius 1 is 1.08 bits per heavy atom. The third-order valence-corrected chi connectivity index (χ3v) is 5.60. The number of aryl methyl sites for hydroxylation is 2. The van der Waals surface area contributed by atoms with E-state index >= 15 is 0 Å². The highest BCUT2D eigenvalue weighted by Crippen LogP contribution is 2.37. The van der Waals surface area contributed by atoms with Gasteiger partial charge in [0.25, 0.3) is 5.91 Å². The summed E-state index contributed by atoms with van der Waals surface area (Å²) in [4.78, 5) is 12.6. The third-order valence-electron chi connectivity index (χ3n) is 4.39. The Bertz CT molecular complexity index is 918. The van der Waals surface area contributed by atoms with Crippen LogP contribution >= 0.6 is 0 Å². The number of sulfonamides is 1. The maximum atomic E-state index is 12.6. The van der Waals surface area contributed by atoms with Crippen molar-refractivity contribution in [3.8, 4) is 0 Å². The van der Waals surface area contributed by atoms with E-state index in [0.717, 1.165) is 24.0 Å². The lowest BCUT2D eigenvalue weighted by Gasteiger charge is -2.24. The second-order valence-corrected chi connectivity index (χ2v) is 8.42. The fourth-order valence-electron chi connectivity index (χ4n) is 2.80. The molecule has 1 aliphatic rings. The molecule has 0 bridgehead atoms. The van der Waals surface area contributed by atoms with Crippen LogP contribution in [0.4, 0.5) is 11.4 Å². The van der Waals surface area contributed by atoms with Crippen molar-refractivity contribution in [3.05, 3.63) is 59.2 Å². The van der Waals surface area contributed by atoms with E-state index in [-0.39, 0.29) is 11.9 Å². The zero-order valence-corrected chi connectivity index (χ0v) is 15.4. The highest BCUT2D eigenvalue weighted by molar-refractivity contribution is 7.92. The first-order chi connectivity index (χ1) is 11.8. The average Bonchev–Trinajstić information content (AvgIpc) is 3.35. The molecule has 0 saturated heterocycles. The van der Waals surface area contributed by atoms with Crippen molar-refractivity contribution in [1.82, 2.24) is 0 Å². The van der Waals surface area contributed by atoms with Gasteiger partial charge < -0.3 is 5.32 Å². The number of anilines is 2. The van der Waals surface area contributed by atoms with Crippen molar-refractivity contribution in [3.63, 3.8) is 0 Å². The average molecular weight is 358 g/mol. The maximum Gasteiger partial charge on any atom is 0.255 e. The fourth-order valence-corrected chi connectivity index (χ4v) is 4.07. The van der Waals surface area contributed by atoms with E-state index in [1.807, 2.05) is 26.0 Å². The summed E-state index contributed by atoms with van der Waals surface area (Å²) >= 11 is 0. The minimum Gasteiger partial charge on any atom is -0.320 e. The van der Waals surface area contributed by atoms with Crippen LogP contribution < -0.4 is 9.62 Å². The molecular formula is C19H22N2O3S. The summed E-state index contributed by atoms with van der Waals surface area (Å²) in [6.45, 7) is 3.95. The SMILES string of the molecule is Cc1ccc(C(=O)Nc2ccccc2N(C2CC2)S(C)(=O)=O)cc1C. The molecule has 0 radical (unpaired) electrons. The molecule has 0 atom stereocenters. The van der Waals surface area contributed by atoms with Gasteiger partial charge >= 0.3 is 0 Å². The number of hydrogen-bond donors (Lipinski definition) is 1. The van der Waals surface area contributed by atoms with Gasteiger partial charge in [-0.1, -0.05) is 18.2 Å². The predicted octanol–water partition coefficient (Wildman–Crippen LogP) is 3.48. The van der Waals surface area contributed by atoms with Crippen molar-refractivity contribution in [2.75, 3.05) is 15.9 Å². The lowest BCUT2D eigenvalue weighted by molar-refractivity contribution is 0.102. The molecule has 2 aromatic rings. The number of carbonyl (C=O) groups excluding carboxylic acids is 1. The number of hydrogen-bond acceptors (Lipinski definition) is 3. The first-order valence-electron chi connectivity index (χ1n) is 8.24. The highest BCUT2D eigenvalue weighted by atomic mass is 32.2. The number of nitrogens with one attached hydrogen (secondary N) is 1. The number of rotatable bonds is 5. The zero-order chi connectivity index (χ0) is 18.2. The molecule has 1 amide bonds. The number of nitrogens with zero attached hydrogens (tertiary/aromatic N) is 1. The lowest BCUT2D eigenvalue weighted by Crippen LogP contribution is -2.33. The largest absolute Gasteiger partial charge is 0.320 e. The molecule has 25 heavy (non-hydrogen) atoms. The normalized spacial score (nSPS) is 14.2. The lowest BCUT2D eigenvalue weighted by atomic mass is 10.1. The Balaban J connectivity index is 1.93. The van der Waals surface area contributed by atoms with Crippen LogP contribution in [0.2, 0.25) is 0 Å². The van der Waals surface area contributed by atoms with Crippen molar-refractivity contribution in [2.24, 2.45) is 0 Å². The molecule has 0 aliphatic heterocycles. The minimum atomic E-state index is -3.41. The molecule has 132 valence electrons. The second kappa shape index (κ2) is 6.52. The molecule has 0 unspecified atom stereocenters. The van der Waals surface area contributed by atoms with Crippen molar-refractivity contribution in [1.29, 1.82) is 0 Å². The number of benzene rings is 2. The Kier molecular flexibility index (Phi) is 4.56. The summed E-state index contributed by atoms with van der Waals surface area (Å²) in [6.07, 6.45) is 2.88. The topological polar surface area (TPSA) is 66.5 Å². The van der Waals surface area contributed by atoms with Gasteiger partial charge in [0.15, 0.2) is 0 Å². The Morgan fingerprint density at radius 3 is 2.36 bits per heavy atom. The van der Waals surface area contributed by atoms with Crippen LogP contribution in [0.25, 0.3) is 0 Å². The number of para-hydroxylation sites is 2. The van der Waals surface area contributed by atoms with Crippen LogP contribution in [0.5, 0.6) is 0 Å². The smallest absolute Gasteiger partial charge is 0.255 e. The maximum absolute atomic E-state index is 12.6. The Labute approximate surface area is 148 Å². The Morgan fingerprint density at radius 2 is 1.76 bits per heavy atom. The van der Waals surface area contributed by atoms with Gasteiger partial charge in [-0.25, -0.2) is 8.42 Å². The third kappa shape index (κ3) is 3.85. The van der Waals surface area contributed by atoms with Gasteiger partial charge in [-0.3, -0.25) is 9.10 Å². The number of amides is 1. The van der Waals surface area contributed by atoms with E-state index in [1.54, 1.807) is 30.3 Å². The quantitative estimate of drug-likeness (QED) is 0.890. The van der Waals surface area contributed by atoms with E-state index < -0.39 is 10.0 Å². The van der Waals surface area contributed by atoms with Crippen LogP contribution in [0.1, 0.15) is 34.3 Å². The van der Waals surface area contributed by atoms with Gasteiger partial charge in [0.05, 0.1) is 17.6 Å². The van der Waals surface area contributed by atoms with Crippen molar-refractivity contribution < 1.29 is 13.2 Å². The fraction of sp³-hybridized carbons (Fsp3) is 0.316. The molecule has 0 heterocycles. The molecule has 0 aromatic heterocycles. The van der Waals surface area contributed by atoms with Gasteiger partial charge in [-0.05, 0) is 62.1 Å². The van der Waals surface area contributed by atoms with E-state index in [1.165, 1.54) is 10.6 Å². The predicted molar refractivity (Wildman–Crippen MR) is 101 cm³/mol. The molecule has 1 N–H and O–H groups in total. The van der Waals surface area contributed by atoms with Crippen LogP contribution in [-0.4, -0.2) is 26.6 Å². The zero-order valence-electron chi connectivity index (χ0n) is 14.6. The highest BCUT2D eigenvalue weighted by Gasteiger charge is 2.36. The van der Waals surface area contributed by atoms with Gasteiger partial charge in [-0.2, -0.15) is 0 Å². The first kappa shape index (κ1) is 17.5. The second-order valence-electron chi connectivity index (χ2n) is 6.56. The minimum absolute atomic E-state index is 0.0188. The van der Waals surface area contributed by atoms with Crippen molar-refractivity contribution >= 4 is 27.3 Å². The van der Waals surface area contributed by atoms with Crippen LogP contribution in [0.15, 0.2) is 42.5 Å². The number of carbonyl (C=O) groups is 1. The van der Waals surface area contributed by atoms with Gasteiger partial charge in [0.2, 0.25) is 10.0 Å². The Hall–Kier alpha value is -2.34. The molecular weight excluding hydrogens is 336 g/mol. The first-order valence-corrected chi connectivity index (χ1v) is 10.1. The molecule has 0 spiro atoms. The summed E-state index contributed by atoms with van der Waals surface area (Å²) in [6, 6.07) is 12.5. The summed E-state index contributed by atoms with van der Waals surface area (Å²) < 4.78 is 25.9. The van der Waals surface area contributed by atoms with E-state index in [9.17, 15) is 13.2 Å². The van der Waals surface area contributed by atoms with E-state index in [0.29, 0.717) is 16.9 Å². The van der Waals surface area contributed by atoms with Crippen LogP contribution in [0, 0.1) is 13.8 Å². The summed E-state index contributed by atoms with van der Waals surface area (Å²) in [5.74, 6) is -0.250. The van der Waals surface area contributed by atoms with E-state index in [2.05, 4.69) is 5.32 Å². The van der Waals surface area contributed by atoms with Gasteiger partial charge in [-0.15, -0.1) is 0 Å².